The van der Waals surface area contributed by atoms with Gasteiger partial charge in [-0.05, 0) is 11.8 Å². The second-order valence-corrected chi connectivity index (χ2v) is 3.33. The number of hydrogen-bond acceptors (Lipinski definition) is 1. The van der Waals surface area contributed by atoms with Crippen LogP contribution in [0.3, 0.4) is 0 Å². The lowest BCUT2D eigenvalue weighted by Crippen LogP contribution is -2.10. The summed E-state index contributed by atoms with van der Waals surface area (Å²) < 4.78 is 5.16. The van der Waals surface area contributed by atoms with Crippen molar-refractivity contribution in [3.8, 4) is 0 Å². The Hall–Kier alpha value is -0.300. The Bertz CT molecular complexity index is 125. The minimum Gasteiger partial charge on any atom is -0.377 e. The van der Waals surface area contributed by atoms with E-state index in [1.54, 1.807) is 7.11 Å². The van der Waals surface area contributed by atoms with Crippen molar-refractivity contribution >= 4 is 0 Å². The highest BCUT2D eigenvalue weighted by molar-refractivity contribution is 5.08. The number of rotatable bonds is 1. The molecule has 1 aliphatic rings. The van der Waals surface area contributed by atoms with Gasteiger partial charge in [-0.1, -0.05) is 26.0 Å². The van der Waals surface area contributed by atoms with E-state index in [0.29, 0.717) is 11.5 Å². The Balaban J connectivity index is 2.50. The molecule has 0 saturated heterocycles. The Kier molecular flexibility index (Phi) is 1.62. The maximum Gasteiger partial charge on any atom is 0.0760 e. The van der Waals surface area contributed by atoms with Gasteiger partial charge in [-0.25, -0.2) is 0 Å². The van der Waals surface area contributed by atoms with Crippen LogP contribution in [0.1, 0.15) is 20.3 Å². The van der Waals surface area contributed by atoms with Gasteiger partial charge in [0.1, 0.15) is 0 Å². The van der Waals surface area contributed by atoms with Crippen molar-refractivity contribution in [3.05, 3.63) is 12.2 Å². The molecule has 0 amide bonds. The van der Waals surface area contributed by atoms with Crippen LogP contribution in [0.5, 0.6) is 0 Å². The largest absolute Gasteiger partial charge is 0.377 e. The third-order valence-corrected chi connectivity index (χ3v) is 1.79. The fraction of sp³-hybridized carbons (Fsp3) is 0.750. The van der Waals surface area contributed by atoms with Gasteiger partial charge in [0, 0.05) is 7.11 Å². The minimum atomic E-state index is 0.361. The molecule has 0 heterocycles. The third kappa shape index (κ3) is 1.55. The lowest BCUT2D eigenvalue weighted by atomic mass is 9.93. The third-order valence-electron chi connectivity index (χ3n) is 1.79. The molecule has 0 aliphatic heterocycles. The molecule has 0 aromatic carbocycles. The Labute approximate surface area is 56.7 Å². The van der Waals surface area contributed by atoms with Crippen molar-refractivity contribution in [1.29, 1.82) is 0 Å². The highest BCUT2D eigenvalue weighted by Crippen LogP contribution is 2.31. The summed E-state index contributed by atoms with van der Waals surface area (Å²) in [6.45, 7) is 4.45. The van der Waals surface area contributed by atoms with Crippen LogP contribution in [0.15, 0.2) is 12.2 Å². The molecule has 0 radical (unpaired) electrons. The molecule has 0 fully saturated rings. The summed E-state index contributed by atoms with van der Waals surface area (Å²) in [7, 11) is 1.76. The smallest absolute Gasteiger partial charge is 0.0760 e. The predicted octanol–water partition coefficient (Wildman–Crippen LogP) is 1.99. The van der Waals surface area contributed by atoms with E-state index in [9.17, 15) is 0 Å². The van der Waals surface area contributed by atoms with Crippen LogP contribution in [0, 0.1) is 5.41 Å². The van der Waals surface area contributed by atoms with Gasteiger partial charge in [-0.15, -0.1) is 0 Å². The molecule has 0 N–H and O–H groups in total. The van der Waals surface area contributed by atoms with Crippen LogP contribution in [-0.2, 0) is 4.74 Å². The standard InChI is InChI=1S/C8H14O/c1-8(2)5-4-7(6-8)9-3/h4-5,7H,6H2,1-3H3. The minimum absolute atomic E-state index is 0.361. The van der Waals surface area contributed by atoms with Gasteiger partial charge in [0.15, 0.2) is 0 Å². The number of methoxy groups -OCH3 is 1. The Morgan fingerprint density at radius 1 is 1.56 bits per heavy atom. The highest BCUT2D eigenvalue weighted by Gasteiger charge is 2.24. The molecule has 1 heteroatoms. The van der Waals surface area contributed by atoms with E-state index in [4.69, 9.17) is 4.74 Å². The quantitative estimate of drug-likeness (QED) is 0.488. The van der Waals surface area contributed by atoms with Gasteiger partial charge in [0.2, 0.25) is 0 Å². The topological polar surface area (TPSA) is 9.23 Å². The van der Waals surface area contributed by atoms with Crippen LogP contribution in [0.2, 0.25) is 0 Å². The number of allylic oxidation sites excluding steroid dienone is 1. The van der Waals surface area contributed by atoms with E-state index >= 15 is 0 Å². The van der Waals surface area contributed by atoms with Crippen LogP contribution >= 0.6 is 0 Å². The molecule has 1 unspecified atom stereocenters. The molecule has 9 heavy (non-hydrogen) atoms. The zero-order valence-electron chi connectivity index (χ0n) is 6.35. The molecule has 0 aromatic heterocycles. The summed E-state index contributed by atoms with van der Waals surface area (Å²) >= 11 is 0. The molecule has 1 aliphatic carbocycles. The van der Waals surface area contributed by atoms with Crippen molar-refractivity contribution in [2.45, 2.75) is 26.4 Å². The van der Waals surface area contributed by atoms with E-state index in [0.717, 1.165) is 6.42 Å². The Morgan fingerprint density at radius 3 is 2.44 bits per heavy atom. The molecule has 0 bridgehead atoms. The molecule has 0 saturated carbocycles. The van der Waals surface area contributed by atoms with Gasteiger partial charge >= 0.3 is 0 Å². The molecule has 0 aromatic rings. The van der Waals surface area contributed by atoms with Gasteiger partial charge in [0.05, 0.1) is 6.10 Å². The summed E-state index contributed by atoms with van der Waals surface area (Å²) in [6.07, 6.45) is 5.85. The molecule has 0 spiro atoms. The molecule has 52 valence electrons. The zero-order valence-corrected chi connectivity index (χ0v) is 6.35. The molecule has 1 atom stereocenters. The summed E-state index contributed by atoms with van der Waals surface area (Å²) in [5.41, 5.74) is 0.362. The summed E-state index contributed by atoms with van der Waals surface area (Å²) in [5.74, 6) is 0. The lowest BCUT2D eigenvalue weighted by Gasteiger charge is -2.15. The van der Waals surface area contributed by atoms with Crippen molar-refractivity contribution in [3.63, 3.8) is 0 Å². The highest BCUT2D eigenvalue weighted by atomic mass is 16.5. The summed E-state index contributed by atoms with van der Waals surface area (Å²) in [4.78, 5) is 0. The number of ether oxygens (including phenoxy) is 1. The second-order valence-electron chi connectivity index (χ2n) is 3.33. The fourth-order valence-electron chi connectivity index (χ4n) is 1.18. The average Bonchev–Trinajstić information content (AvgIpc) is 2.10. The lowest BCUT2D eigenvalue weighted by molar-refractivity contribution is 0.122. The molecular weight excluding hydrogens is 112 g/mol. The van der Waals surface area contributed by atoms with Crippen molar-refractivity contribution in [1.82, 2.24) is 0 Å². The fourth-order valence-corrected chi connectivity index (χ4v) is 1.18. The first-order chi connectivity index (χ1) is 4.14. The van der Waals surface area contributed by atoms with Gasteiger partial charge in [0.25, 0.3) is 0 Å². The molecule has 1 rings (SSSR count). The van der Waals surface area contributed by atoms with Gasteiger partial charge < -0.3 is 4.74 Å². The second kappa shape index (κ2) is 2.14. The monoisotopic (exact) mass is 126 g/mol. The van der Waals surface area contributed by atoms with E-state index in [2.05, 4.69) is 26.0 Å². The van der Waals surface area contributed by atoms with Gasteiger partial charge in [-0.3, -0.25) is 0 Å². The van der Waals surface area contributed by atoms with E-state index < -0.39 is 0 Å². The number of hydrogen-bond donors (Lipinski definition) is 0. The van der Waals surface area contributed by atoms with E-state index in [1.807, 2.05) is 0 Å². The first-order valence-corrected chi connectivity index (χ1v) is 3.36. The SMILES string of the molecule is COC1C=CC(C)(C)C1. The summed E-state index contributed by atoms with van der Waals surface area (Å²) in [5, 5.41) is 0. The molecule has 1 nitrogen and oxygen atoms in total. The van der Waals surface area contributed by atoms with Crippen LogP contribution < -0.4 is 0 Å². The van der Waals surface area contributed by atoms with Crippen molar-refractivity contribution < 1.29 is 4.74 Å². The van der Waals surface area contributed by atoms with E-state index in [1.165, 1.54) is 0 Å². The summed E-state index contributed by atoms with van der Waals surface area (Å²) in [6, 6.07) is 0. The molecular formula is C8H14O. The maximum atomic E-state index is 5.16. The van der Waals surface area contributed by atoms with Crippen LogP contribution in [0.4, 0.5) is 0 Å². The van der Waals surface area contributed by atoms with Crippen LogP contribution in [-0.4, -0.2) is 13.2 Å². The van der Waals surface area contributed by atoms with Crippen LogP contribution in [0.25, 0.3) is 0 Å². The first-order valence-electron chi connectivity index (χ1n) is 3.36. The average molecular weight is 126 g/mol. The van der Waals surface area contributed by atoms with Gasteiger partial charge in [-0.2, -0.15) is 0 Å². The first kappa shape index (κ1) is 6.81. The maximum absolute atomic E-state index is 5.16. The normalized spacial score (nSPS) is 31.2. The Morgan fingerprint density at radius 2 is 2.22 bits per heavy atom. The zero-order chi connectivity index (χ0) is 6.91. The van der Waals surface area contributed by atoms with Crippen molar-refractivity contribution in [2.75, 3.05) is 7.11 Å². The van der Waals surface area contributed by atoms with E-state index in [-0.39, 0.29) is 0 Å². The van der Waals surface area contributed by atoms with Crippen molar-refractivity contribution in [2.24, 2.45) is 5.41 Å². The predicted molar refractivity (Wildman–Crippen MR) is 38.3 cm³/mol.